The average Bonchev–Trinajstić information content (AvgIpc) is 2.82. The molecule has 1 aromatic carbocycles. The first-order chi connectivity index (χ1) is 11.4. The van der Waals surface area contributed by atoms with Gasteiger partial charge in [0, 0.05) is 10.2 Å². The molecule has 0 bridgehead atoms. The molecule has 0 saturated heterocycles. The van der Waals surface area contributed by atoms with Gasteiger partial charge >= 0.3 is 0 Å². The van der Waals surface area contributed by atoms with Gasteiger partial charge in [0.1, 0.15) is 5.75 Å². The molecule has 0 radical (unpaired) electrons. The molecule has 130 valence electrons. The molecule has 0 aliphatic carbocycles. The normalized spacial score (nSPS) is 10.9. The lowest BCUT2D eigenvalue weighted by Gasteiger charge is -2.09. The van der Waals surface area contributed by atoms with E-state index in [-0.39, 0.29) is 12.5 Å². The first-order valence-corrected chi connectivity index (χ1v) is 9.20. The molecular formula is C19H25BrN2O2. The summed E-state index contributed by atoms with van der Waals surface area (Å²) >= 11 is 3.42. The number of aryl methyl sites for hydroxylation is 2. The molecule has 2 rings (SSSR count). The van der Waals surface area contributed by atoms with Crippen LogP contribution in [0.2, 0.25) is 0 Å². The van der Waals surface area contributed by atoms with E-state index in [2.05, 4.69) is 28.0 Å². The molecule has 1 heterocycles. The van der Waals surface area contributed by atoms with Gasteiger partial charge in [-0.3, -0.25) is 4.79 Å². The van der Waals surface area contributed by atoms with Crippen LogP contribution >= 0.6 is 15.9 Å². The van der Waals surface area contributed by atoms with Crippen molar-refractivity contribution in [1.82, 2.24) is 9.78 Å². The lowest BCUT2D eigenvalue weighted by Crippen LogP contribution is -2.22. The Morgan fingerprint density at radius 2 is 2.00 bits per heavy atom. The number of rotatable bonds is 7. The molecule has 0 unspecified atom stereocenters. The highest BCUT2D eigenvalue weighted by molar-refractivity contribution is 9.10. The second-order valence-electron chi connectivity index (χ2n) is 6.11. The van der Waals surface area contributed by atoms with Gasteiger partial charge in [0.2, 0.25) is 0 Å². The minimum Gasteiger partial charge on any atom is -0.483 e. The maximum Gasteiger partial charge on any atom is 0.284 e. The fraction of sp³-hybridized carbons (Fsp3) is 0.474. The van der Waals surface area contributed by atoms with Gasteiger partial charge < -0.3 is 4.74 Å². The highest BCUT2D eigenvalue weighted by Crippen LogP contribution is 2.22. The molecule has 0 saturated carbocycles. The van der Waals surface area contributed by atoms with E-state index < -0.39 is 0 Å². The minimum atomic E-state index is -0.139. The van der Waals surface area contributed by atoms with Gasteiger partial charge in [-0.1, -0.05) is 35.7 Å². The summed E-state index contributed by atoms with van der Waals surface area (Å²) in [5.41, 5.74) is 4.06. The zero-order valence-electron chi connectivity index (χ0n) is 14.9. The van der Waals surface area contributed by atoms with Crippen molar-refractivity contribution in [2.45, 2.75) is 53.4 Å². The molecule has 0 aliphatic rings. The molecule has 0 aliphatic heterocycles. The smallest absolute Gasteiger partial charge is 0.284 e. The minimum absolute atomic E-state index is 0.0150. The monoisotopic (exact) mass is 392 g/mol. The zero-order chi connectivity index (χ0) is 17.7. The summed E-state index contributed by atoms with van der Waals surface area (Å²) < 4.78 is 8.16. The highest BCUT2D eigenvalue weighted by atomic mass is 79.9. The fourth-order valence-corrected chi connectivity index (χ4v) is 3.28. The highest BCUT2D eigenvalue weighted by Gasteiger charge is 2.17. The van der Waals surface area contributed by atoms with Crippen LogP contribution in [0, 0.1) is 20.8 Å². The largest absolute Gasteiger partial charge is 0.483 e. The van der Waals surface area contributed by atoms with Crippen molar-refractivity contribution in [1.29, 1.82) is 0 Å². The Labute approximate surface area is 152 Å². The topological polar surface area (TPSA) is 44.1 Å². The third-order valence-corrected chi connectivity index (χ3v) is 4.69. The molecule has 24 heavy (non-hydrogen) atoms. The van der Waals surface area contributed by atoms with Crippen LogP contribution in [-0.2, 0) is 6.42 Å². The second-order valence-corrected chi connectivity index (χ2v) is 7.03. The van der Waals surface area contributed by atoms with Gasteiger partial charge in [-0.15, -0.1) is 0 Å². The van der Waals surface area contributed by atoms with E-state index in [1.807, 2.05) is 39.0 Å². The molecule has 0 N–H and O–H groups in total. The van der Waals surface area contributed by atoms with Gasteiger partial charge in [-0.05, 0) is 62.9 Å². The Morgan fingerprint density at radius 1 is 1.25 bits per heavy atom. The summed E-state index contributed by atoms with van der Waals surface area (Å²) in [7, 11) is 0. The summed E-state index contributed by atoms with van der Waals surface area (Å²) in [5, 5.41) is 4.42. The van der Waals surface area contributed by atoms with Gasteiger partial charge in [0.15, 0.2) is 6.61 Å². The third kappa shape index (κ3) is 4.47. The fourth-order valence-electron chi connectivity index (χ4n) is 2.81. The van der Waals surface area contributed by atoms with Crippen LogP contribution in [0.3, 0.4) is 0 Å². The lowest BCUT2D eigenvalue weighted by atomic mass is 10.1. The Morgan fingerprint density at radius 3 is 2.67 bits per heavy atom. The predicted octanol–water partition coefficient (Wildman–Crippen LogP) is 5.02. The third-order valence-electron chi connectivity index (χ3n) is 4.20. The van der Waals surface area contributed by atoms with E-state index in [0.717, 1.165) is 40.0 Å². The van der Waals surface area contributed by atoms with E-state index in [9.17, 15) is 4.79 Å². The lowest BCUT2D eigenvalue weighted by molar-refractivity contribution is 0.0817. The second kappa shape index (κ2) is 8.47. The summed E-state index contributed by atoms with van der Waals surface area (Å²) in [4.78, 5) is 12.5. The molecule has 5 heteroatoms. The van der Waals surface area contributed by atoms with Gasteiger partial charge in [-0.2, -0.15) is 5.10 Å². The molecule has 2 aromatic rings. The van der Waals surface area contributed by atoms with E-state index in [1.54, 1.807) is 0 Å². The molecule has 0 amide bonds. The zero-order valence-corrected chi connectivity index (χ0v) is 16.4. The Bertz CT molecular complexity index is 722. The van der Waals surface area contributed by atoms with Crippen LogP contribution in [0.5, 0.6) is 5.75 Å². The average molecular weight is 393 g/mol. The molecule has 0 fully saturated rings. The Balaban J connectivity index is 2.05. The van der Waals surface area contributed by atoms with Gasteiger partial charge in [0.05, 0.1) is 5.69 Å². The van der Waals surface area contributed by atoms with Crippen LogP contribution in [0.15, 0.2) is 22.7 Å². The molecule has 0 atom stereocenters. The van der Waals surface area contributed by atoms with E-state index in [0.29, 0.717) is 0 Å². The number of benzene rings is 1. The number of ether oxygens (including phenoxy) is 1. The van der Waals surface area contributed by atoms with Gasteiger partial charge in [-0.25, -0.2) is 4.68 Å². The number of aromatic nitrogens is 2. The van der Waals surface area contributed by atoms with Crippen molar-refractivity contribution in [3.63, 3.8) is 0 Å². The van der Waals surface area contributed by atoms with Crippen molar-refractivity contribution >= 4 is 21.8 Å². The van der Waals surface area contributed by atoms with E-state index >= 15 is 0 Å². The van der Waals surface area contributed by atoms with Gasteiger partial charge in [0.25, 0.3) is 5.91 Å². The van der Waals surface area contributed by atoms with Crippen molar-refractivity contribution in [2.75, 3.05) is 6.61 Å². The van der Waals surface area contributed by atoms with Crippen molar-refractivity contribution in [3.05, 3.63) is 45.2 Å². The summed E-state index contributed by atoms with van der Waals surface area (Å²) in [6, 6.07) is 5.74. The maximum absolute atomic E-state index is 12.5. The number of unbranched alkanes of at least 4 members (excludes halogenated alkanes) is 2. The summed E-state index contributed by atoms with van der Waals surface area (Å²) in [6.07, 6.45) is 4.49. The van der Waals surface area contributed by atoms with Crippen molar-refractivity contribution in [3.8, 4) is 5.75 Å². The number of carbonyl (C=O) groups is 1. The molecule has 0 spiro atoms. The van der Waals surface area contributed by atoms with Crippen LogP contribution in [0.1, 0.15) is 53.5 Å². The van der Waals surface area contributed by atoms with Crippen LogP contribution < -0.4 is 4.74 Å². The molecular weight excluding hydrogens is 368 g/mol. The maximum atomic E-state index is 12.5. The summed E-state index contributed by atoms with van der Waals surface area (Å²) in [5.74, 6) is 0.580. The quantitative estimate of drug-likeness (QED) is 0.621. The van der Waals surface area contributed by atoms with Crippen LogP contribution in [0.4, 0.5) is 0 Å². The molecule has 4 nitrogen and oxygen atoms in total. The Hall–Kier alpha value is -1.62. The SMILES string of the molecule is CCCCCc1c(C)nn(C(=O)COc2ccc(Br)cc2C)c1C. The van der Waals surface area contributed by atoms with Crippen molar-refractivity contribution in [2.24, 2.45) is 0 Å². The number of halogens is 1. The standard InChI is InChI=1S/C19H25BrN2O2/c1-5-6-7-8-17-14(3)21-22(15(17)4)19(23)12-24-18-10-9-16(20)11-13(18)2/h9-11H,5-8,12H2,1-4H3. The summed E-state index contributed by atoms with van der Waals surface area (Å²) in [6.45, 7) is 8.06. The van der Waals surface area contributed by atoms with Crippen LogP contribution in [0.25, 0.3) is 0 Å². The Kier molecular flexibility index (Phi) is 6.60. The first kappa shape index (κ1) is 18.7. The predicted molar refractivity (Wildman–Crippen MR) is 99.9 cm³/mol. The molecule has 1 aromatic heterocycles. The number of hydrogen-bond acceptors (Lipinski definition) is 3. The van der Waals surface area contributed by atoms with E-state index in [1.165, 1.54) is 23.1 Å². The first-order valence-electron chi connectivity index (χ1n) is 8.41. The van der Waals surface area contributed by atoms with E-state index in [4.69, 9.17) is 4.74 Å². The van der Waals surface area contributed by atoms with Crippen LogP contribution in [-0.4, -0.2) is 22.3 Å². The van der Waals surface area contributed by atoms with Crippen molar-refractivity contribution < 1.29 is 9.53 Å². The number of carbonyl (C=O) groups excluding carboxylic acids is 1. The number of nitrogens with zero attached hydrogens (tertiary/aromatic N) is 2. The number of hydrogen-bond donors (Lipinski definition) is 0.